The number of para-hydroxylation sites is 2. The normalized spacial score (nSPS) is 22.9. The highest BCUT2D eigenvalue weighted by Crippen LogP contribution is 2.34. The first-order chi connectivity index (χ1) is 31.7. The van der Waals surface area contributed by atoms with Gasteiger partial charge in [0.05, 0.1) is 63.9 Å². The Hall–Kier alpha value is -6.96. The molecule has 14 nitrogen and oxygen atoms in total. The van der Waals surface area contributed by atoms with E-state index in [4.69, 9.17) is 28.4 Å². The molecule has 0 aromatic heterocycles. The molecule has 2 aliphatic rings. The maximum absolute atomic E-state index is 13.2. The lowest BCUT2D eigenvalue weighted by Crippen LogP contribution is -2.47. The number of amides is 4. The maximum atomic E-state index is 13.2. The molecule has 2 N–H and O–H groups in total. The standard InChI is InChI=1S/2C26H32N2O5/c2*1-17-10-6-8-12-22(20-15-14-19(31-4)16-24(20)32-5)27-25(29)18(2)28(3)26(30)21-11-7-9-13-23(21)33-17/h2*6-9,11,13-18,22H,10,12H2,1-5H3,(H,27,29)/b8-6+;8-6-/t2*17-,18+,22+/m11/s1. The summed E-state index contributed by atoms with van der Waals surface area (Å²) in [5.41, 5.74) is 2.53. The average molecular weight is 905 g/mol. The molecular weight excluding hydrogens is 841 g/mol. The first-order valence-electron chi connectivity index (χ1n) is 22.1. The van der Waals surface area contributed by atoms with Gasteiger partial charge in [-0.1, -0.05) is 48.6 Å². The van der Waals surface area contributed by atoms with Gasteiger partial charge < -0.3 is 48.9 Å². The van der Waals surface area contributed by atoms with Gasteiger partial charge in [-0.25, -0.2) is 0 Å². The summed E-state index contributed by atoms with van der Waals surface area (Å²) in [4.78, 5) is 55.7. The van der Waals surface area contributed by atoms with E-state index >= 15 is 0 Å². The van der Waals surface area contributed by atoms with E-state index in [1.54, 1.807) is 105 Å². The van der Waals surface area contributed by atoms with Crippen molar-refractivity contribution in [3.05, 3.63) is 131 Å². The number of benzene rings is 4. The van der Waals surface area contributed by atoms with Gasteiger partial charge in [-0.3, -0.25) is 19.2 Å². The predicted octanol–water partition coefficient (Wildman–Crippen LogP) is 8.28. The number of carbonyl (C=O) groups is 4. The molecule has 0 bridgehead atoms. The minimum Gasteiger partial charge on any atom is -0.497 e. The Balaban J connectivity index is 0.000000247. The zero-order valence-electron chi connectivity index (χ0n) is 39.7. The van der Waals surface area contributed by atoms with Crippen molar-refractivity contribution in [1.29, 1.82) is 0 Å². The second-order valence-electron chi connectivity index (χ2n) is 16.3. The number of fused-ring (bicyclic) bond motifs is 2. The van der Waals surface area contributed by atoms with Crippen LogP contribution in [0.25, 0.3) is 0 Å². The Morgan fingerprint density at radius 3 is 1.23 bits per heavy atom. The van der Waals surface area contributed by atoms with Gasteiger partial charge in [0.15, 0.2) is 0 Å². The number of hydrogen-bond donors (Lipinski definition) is 2. The van der Waals surface area contributed by atoms with Crippen LogP contribution in [0.2, 0.25) is 0 Å². The topological polar surface area (TPSA) is 154 Å². The number of carbonyl (C=O) groups excluding carboxylic acids is 4. The molecule has 4 aromatic rings. The van der Waals surface area contributed by atoms with E-state index in [1.807, 2.05) is 74.5 Å². The number of ether oxygens (including phenoxy) is 6. The third-order valence-electron chi connectivity index (χ3n) is 11.7. The molecule has 0 saturated heterocycles. The summed E-state index contributed by atoms with van der Waals surface area (Å²) >= 11 is 0. The number of hydrogen-bond acceptors (Lipinski definition) is 10. The predicted molar refractivity (Wildman–Crippen MR) is 254 cm³/mol. The van der Waals surface area contributed by atoms with Gasteiger partial charge in [0.25, 0.3) is 11.8 Å². The second-order valence-corrected chi connectivity index (χ2v) is 16.3. The molecule has 14 heteroatoms. The molecule has 0 unspecified atom stereocenters. The van der Waals surface area contributed by atoms with E-state index in [-0.39, 0.29) is 47.9 Å². The van der Waals surface area contributed by atoms with Crippen molar-refractivity contribution in [3.63, 3.8) is 0 Å². The minimum atomic E-state index is -0.693. The number of methoxy groups -OCH3 is 4. The van der Waals surface area contributed by atoms with Crippen molar-refractivity contribution in [2.24, 2.45) is 0 Å². The maximum Gasteiger partial charge on any atom is 0.258 e. The fraction of sp³-hybridized carbons (Fsp3) is 0.385. The number of likely N-dealkylation sites (N-methyl/N-ethyl adjacent to an activating group) is 2. The monoisotopic (exact) mass is 904 g/mol. The largest absolute Gasteiger partial charge is 0.497 e. The Morgan fingerprint density at radius 2 is 0.864 bits per heavy atom. The number of nitrogens with zero attached hydrogens (tertiary/aromatic N) is 2. The summed E-state index contributed by atoms with van der Waals surface area (Å²) < 4.78 is 33.9. The van der Waals surface area contributed by atoms with Crippen molar-refractivity contribution < 1.29 is 47.6 Å². The fourth-order valence-electron chi connectivity index (χ4n) is 7.47. The van der Waals surface area contributed by atoms with Gasteiger partial charge in [0, 0.05) is 50.2 Å². The van der Waals surface area contributed by atoms with Crippen LogP contribution in [0, 0.1) is 0 Å². The van der Waals surface area contributed by atoms with Crippen LogP contribution in [0.15, 0.2) is 109 Å². The molecular formula is C52H64N4O10. The highest BCUT2D eigenvalue weighted by Gasteiger charge is 2.30. The van der Waals surface area contributed by atoms with Gasteiger partial charge in [0.1, 0.15) is 46.6 Å². The van der Waals surface area contributed by atoms with Crippen molar-refractivity contribution in [2.75, 3.05) is 42.5 Å². The van der Waals surface area contributed by atoms with Crippen molar-refractivity contribution in [3.8, 4) is 34.5 Å². The zero-order valence-corrected chi connectivity index (χ0v) is 39.7. The first kappa shape index (κ1) is 50.0. The quantitative estimate of drug-likeness (QED) is 0.181. The van der Waals surface area contributed by atoms with Gasteiger partial charge in [-0.05, 0) is 89.1 Å². The lowest BCUT2D eigenvalue weighted by Gasteiger charge is -2.28. The minimum absolute atomic E-state index is 0.121. The summed E-state index contributed by atoms with van der Waals surface area (Å²) in [5, 5.41) is 6.20. The van der Waals surface area contributed by atoms with Crippen LogP contribution in [-0.2, 0) is 9.59 Å². The van der Waals surface area contributed by atoms with Crippen molar-refractivity contribution >= 4 is 23.6 Å². The average Bonchev–Trinajstić information content (AvgIpc) is 3.33. The molecule has 6 atom stereocenters. The molecule has 6 rings (SSSR count). The molecule has 0 radical (unpaired) electrons. The Labute approximate surface area is 388 Å². The van der Waals surface area contributed by atoms with Crippen molar-refractivity contribution in [1.82, 2.24) is 20.4 Å². The summed E-state index contributed by atoms with van der Waals surface area (Å²) in [5.74, 6) is 2.55. The van der Waals surface area contributed by atoms with Crippen molar-refractivity contribution in [2.45, 2.75) is 89.8 Å². The lowest BCUT2D eigenvalue weighted by molar-refractivity contribution is -0.126. The summed E-state index contributed by atoms with van der Waals surface area (Å²) in [6.45, 7) is 7.36. The van der Waals surface area contributed by atoms with Crippen LogP contribution in [0.4, 0.5) is 0 Å². The lowest BCUT2D eigenvalue weighted by atomic mass is 10.0. The molecule has 2 heterocycles. The van der Waals surface area contributed by atoms with E-state index in [0.29, 0.717) is 71.3 Å². The fourth-order valence-corrected chi connectivity index (χ4v) is 7.47. The molecule has 0 aliphatic carbocycles. The summed E-state index contributed by atoms with van der Waals surface area (Å²) in [7, 11) is 9.62. The molecule has 0 saturated carbocycles. The third-order valence-corrected chi connectivity index (χ3v) is 11.7. The van der Waals surface area contributed by atoms with E-state index < -0.39 is 12.1 Å². The number of nitrogens with one attached hydrogen (secondary N) is 2. The molecule has 4 aromatic carbocycles. The highest BCUT2D eigenvalue weighted by molar-refractivity contribution is 6.00. The van der Waals surface area contributed by atoms with E-state index in [2.05, 4.69) is 10.6 Å². The molecule has 4 amide bonds. The summed E-state index contributed by atoms with van der Waals surface area (Å²) in [6.07, 6.45) is 10.3. The highest BCUT2D eigenvalue weighted by atomic mass is 16.5. The van der Waals surface area contributed by atoms with Crippen LogP contribution in [-0.4, -0.2) is 100 Å². The van der Waals surface area contributed by atoms with Gasteiger partial charge >= 0.3 is 0 Å². The SMILES string of the molecule is COc1ccc([C@@H]2C/C=C/C[C@@H](C)Oc3ccccc3C(=O)N(C)[C@@H](C)C(=O)N2)c(OC)c1.COc1ccc([C@@H]2C/C=C\C[C@@H](C)Oc3ccccc3C(=O)N(C)[C@@H](C)C(=O)N2)c(OC)c1. The third kappa shape index (κ3) is 12.6. The van der Waals surface area contributed by atoms with E-state index in [9.17, 15) is 19.2 Å². The van der Waals surface area contributed by atoms with Crippen LogP contribution in [0.3, 0.4) is 0 Å². The number of rotatable bonds is 6. The van der Waals surface area contributed by atoms with Crippen LogP contribution in [0.5, 0.6) is 34.5 Å². The molecule has 2 aliphatic heterocycles. The zero-order chi connectivity index (χ0) is 47.9. The molecule has 66 heavy (non-hydrogen) atoms. The smallest absolute Gasteiger partial charge is 0.258 e. The molecule has 352 valence electrons. The van der Waals surface area contributed by atoms with Crippen LogP contribution < -0.4 is 39.1 Å². The Morgan fingerprint density at radius 1 is 0.500 bits per heavy atom. The second kappa shape index (κ2) is 23.8. The summed E-state index contributed by atoms with van der Waals surface area (Å²) in [6, 6.07) is 23.2. The van der Waals surface area contributed by atoms with Gasteiger partial charge in [0.2, 0.25) is 11.8 Å². The van der Waals surface area contributed by atoms with E-state index in [0.717, 1.165) is 11.1 Å². The molecule has 0 fully saturated rings. The Bertz CT molecular complexity index is 2200. The van der Waals surface area contributed by atoms with Crippen LogP contribution >= 0.6 is 0 Å². The Kier molecular flexibility index (Phi) is 18.1. The van der Waals surface area contributed by atoms with Gasteiger partial charge in [-0.15, -0.1) is 0 Å². The van der Waals surface area contributed by atoms with Gasteiger partial charge in [-0.2, -0.15) is 0 Å². The van der Waals surface area contributed by atoms with E-state index in [1.165, 1.54) is 9.80 Å². The molecule has 0 spiro atoms. The first-order valence-corrected chi connectivity index (χ1v) is 22.1. The van der Waals surface area contributed by atoms with Crippen LogP contribution in [0.1, 0.15) is 97.3 Å².